The largest absolute Gasteiger partial charge is 0.352 e. The lowest BCUT2D eigenvalue weighted by molar-refractivity contribution is 0.310. The first-order valence-corrected chi connectivity index (χ1v) is 12.7. The van der Waals surface area contributed by atoms with E-state index in [0.29, 0.717) is 0 Å². The summed E-state index contributed by atoms with van der Waals surface area (Å²) < 4.78 is 2.38. The monoisotopic (exact) mass is 488 g/mol. The van der Waals surface area contributed by atoms with Gasteiger partial charge in [-0.1, -0.05) is 72.8 Å². The van der Waals surface area contributed by atoms with E-state index in [2.05, 4.69) is 114 Å². The van der Waals surface area contributed by atoms with Crippen molar-refractivity contribution in [2.24, 2.45) is 0 Å². The van der Waals surface area contributed by atoms with Crippen molar-refractivity contribution < 1.29 is 0 Å². The molecule has 6 rings (SSSR count). The molecule has 0 spiro atoms. The highest BCUT2D eigenvalue weighted by atomic mass is 32.1. The van der Waals surface area contributed by atoms with Crippen LogP contribution >= 0.6 is 12.2 Å². The summed E-state index contributed by atoms with van der Waals surface area (Å²) in [6, 6.07) is 34.0. The summed E-state index contributed by atoms with van der Waals surface area (Å²) in [5.41, 5.74) is 7.12. The molecular weight excluding hydrogens is 460 g/mol. The smallest absolute Gasteiger partial charge is 0.170 e. The minimum atomic E-state index is -0.0381. The first-order valence-electron chi connectivity index (χ1n) is 12.3. The fourth-order valence-electron chi connectivity index (χ4n) is 5.56. The SMILES string of the molecule is Cc1cc([C@H]2[C@@H](c3ccccn3)NC(=S)N2Cc2ccccc2)c(C)n1-c1cccc2ccccc12. The summed E-state index contributed by atoms with van der Waals surface area (Å²) in [5.74, 6) is 0. The highest BCUT2D eigenvalue weighted by Gasteiger charge is 2.41. The van der Waals surface area contributed by atoms with Gasteiger partial charge in [-0.15, -0.1) is 0 Å². The topological polar surface area (TPSA) is 33.1 Å². The summed E-state index contributed by atoms with van der Waals surface area (Å²) in [6.45, 7) is 5.15. The molecule has 0 aliphatic carbocycles. The Balaban J connectivity index is 1.50. The first-order chi connectivity index (χ1) is 17.6. The van der Waals surface area contributed by atoms with Crippen molar-refractivity contribution in [3.8, 4) is 5.69 Å². The maximum absolute atomic E-state index is 5.91. The molecule has 3 heterocycles. The van der Waals surface area contributed by atoms with Crippen molar-refractivity contribution in [3.63, 3.8) is 0 Å². The third-order valence-corrected chi connectivity index (χ3v) is 7.54. The van der Waals surface area contributed by atoms with E-state index in [1.165, 1.54) is 39.0 Å². The van der Waals surface area contributed by atoms with Gasteiger partial charge in [0, 0.05) is 29.5 Å². The van der Waals surface area contributed by atoms with Crippen LogP contribution < -0.4 is 5.32 Å². The van der Waals surface area contributed by atoms with Gasteiger partial charge in [-0.2, -0.15) is 0 Å². The van der Waals surface area contributed by atoms with E-state index >= 15 is 0 Å². The summed E-state index contributed by atoms with van der Waals surface area (Å²) >= 11 is 5.91. The maximum atomic E-state index is 5.91. The minimum absolute atomic E-state index is 0.0162. The average molecular weight is 489 g/mol. The van der Waals surface area contributed by atoms with E-state index in [0.717, 1.165) is 17.4 Å². The Labute approximate surface area is 217 Å². The van der Waals surface area contributed by atoms with Crippen LogP contribution in [-0.4, -0.2) is 19.6 Å². The second-order valence-corrected chi connectivity index (χ2v) is 9.79. The number of hydrogen-bond acceptors (Lipinski definition) is 2. The van der Waals surface area contributed by atoms with Crippen LogP contribution in [0.4, 0.5) is 0 Å². The van der Waals surface area contributed by atoms with Gasteiger partial charge >= 0.3 is 0 Å². The zero-order valence-electron chi connectivity index (χ0n) is 20.4. The summed E-state index contributed by atoms with van der Waals surface area (Å²) in [4.78, 5) is 7.03. The lowest BCUT2D eigenvalue weighted by atomic mass is 9.96. The number of nitrogens with one attached hydrogen (secondary N) is 1. The van der Waals surface area contributed by atoms with Crippen molar-refractivity contribution in [1.29, 1.82) is 0 Å². The number of benzene rings is 3. The molecule has 2 aromatic heterocycles. The van der Waals surface area contributed by atoms with Gasteiger partial charge in [-0.05, 0) is 66.8 Å². The molecule has 0 amide bonds. The summed E-state index contributed by atoms with van der Waals surface area (Å²) in [5, 5.41) is 6.85. The van der Waals surface area contributed by atoms with Gasteiger partial charge in [0.05, 0.1) is 23.5 Å². The van der Waals surface area contributed by atoms with E-state index in [-0.39, 0.29) is 12.1 Å². The molecule has 1 fully saturated rings. The highest BCUT2D eigenvalue weighted by molar-refractivity contribution is 7.80. The van der Waals surface area contributed by atoms with Crippen molar-refractivity contribution in [2.75, 3.05) is 0 Å². The second kappa shape index (κ2) is 9.25. The summed E-state index contributed by atoms with van der Waals surface area (Å²) in [6.07, 6.45) is 1.86. The molecule has 3 aromatic carbocycles. The van der Waals surface area contributed by atoms with E-state index in [9.17, 15) is 0 Å². The third kappa shape index (κ3) is 3.86. The molecule has 0 saturated carbocycles. The molecule has 5 aromatic rings. The lowest BCUT2D eigenvalue weighted by Crippen LogP contribution is -2.29. The number of fused-ring (bicyclic) bond motifs is 1. The van der Waals surface area contributed by atoms with Crippen molar-refractivity contribution in [1.82, 2.24) is 19.8 Å². The Kier molecular flexibility index (Phi) is 5.78. The average Bonchev–Trinajstić information content (AvgIpc) is 3.39. The molecule has 2 atom stereocenters. The number of aromatic nitrogens is 2. The van der Waals surface area contributed by atoms with E-state index < -0.39 is 0 Å². The van der Waals surface area contributed by atoms with Crippen LogP contribution in [-0.2, 0) is 6.54 Å². The van der Waals surface area contributed by atoms with Crippen LogP contribution in [0.5, 0.6) is 0 Å². The highest BCUT2D eigenvalue weighted by Crippen LogP contribution is 2.42. The van der Waals surface area contributed by atoms with Crippen molar-refractivity contribution >= 4 is 28.1 Å². The standard InChI is InChI=1S/C31H28N4S/c1-21-19-26(22(2)35(21)28-17-10-14-24-13-6-7-15-25(24)28)30-29(27-16-8-9-18-32-27)33-31(36)34(30)20-23-11-4-3-5-12-23/h3-19,29-30H,20H2,1-2H3,(H,33,36)/t29-,30+/m1/s1. The number of aryl methyl sites for hydroxylation is 1. The van der Waals surface area contributed by atoms with Crippen LogP contribution in [0.1, 0.15) is 40.3 Å². The zero-order chi connectivity index (χ0) is 24.6. The predicted molar refractivity (Wildman–Crippen MR) is 150 cm³/mol. The van der Waals surface area contributed by atoms with Gasteiger partial charge in [0.15, 0.2) is 5.11 Å². The van der Waals surface area contributed by atoms with Crippen LogP contribution in [0.2, 0.25) is 0 Å². The Morgan fingerprint density at radius 2 is 1.61 bits per heavy atom. The lowest BCUT2D eigenvalue weighted by Gasteiger charge is -2.28. The van der Waals surface area contributed by atoms with Crippen molar-refractivity contribution in [2.45, 2.75) is 32.5 Å². The van der Waals surface area contributed by atoms with E-state index in [4.69, 9.17) is 17.2 Å². The Morgan fingerprint density at radius 3 is 2.42 bits per heavy atom. The third-order valence-electron chi connectivity index (χ3n) is 7.19. The van der Waals surface area contributed by atoms with Gasteiger partial charge in [0.25, 0.3) is 0 Å². The number of thiocarbonyl (C=S) groups is 1. The van der Waals surface area contributed by atoms with Gasteiger partial charge in [-0.25, -0.2) is 0 Å². The number of nitrogens with zero attached hydrogens (tertiary/aromatic N) is 3. The molecule has 0 radical (unpaired) electrons. The fourth-order valence-corrected chi connectivity index (χ4v) is 5.86. The van der Waals surface area contributed by atoms with Gasteiger partial charge in [-0.3, -0.25) is 4.98 Å². The molecule has 1 aliphatic heterocycles. The van der Waals surface area contributed by atoms with Gasteiger partial charge < -0.3 is 14.8 Å². The molecule has 178 valence electrons. The van der Waals surface area contributed by atoms with Crippen LogP contribution in [0.15, 0.2) is 103 Å². The number of hydrogen-bond donors (Lipinski definition) is 1. The Bertz CT molecular complexity index is 1540. The van der Waals surface area contributed by atoms with E-state index in [1.54, 1.807) is 0 Å². The zero-order valence-corrected chi connectivity index (χ0v) is 21.2. The van der Waals surface area contributed by atoms with E-state index in [1.807, 2.05) is 18.3 Å². The summed E-state index contributed by atoms with van der Waals surface area (Å²) in [7, 11) is 0. The Morgan fingerprint density at radius 1 is 0.861 bits per heavy atom. The molecule has 1 aliphatic rings. The molecule has 5 heteroatoms. The van der Waals surface area contributed by atoms with Gasteiger partial charge in [0.2, 0.25) is 0 Å². The normalized spacial score (nSPS) is 17.5. The molecule has 4 nitrogen and oxygen atoms in total. The predicted octanol–water partition coefficient (Wildman–Crippen LogP) is 6.82. The first kappa shape index (κ1) is 22.5. The molecule has 1 N–H and O–H groups in total. The van der Waals surface area contributed by atoms with Gasteiger partial charge in [0.1, 0.15) is 0 Å². The number of rotatable bonds is 5. The van der Waals surface area contributed by atoms with Crippen LogP contribution in [0.25, 0.3) is 16.5 Å². The number of pyridine rings is 1. The Hall–Kier alpha value is -3.96. The molecule has 0 unspecified atom stereocenters. The van der Waals surface area contributed by atoms with Crippen LogP contribution in [0, 0.1) is 13.8 Å². The van der Waals surface area contributed by atoms with Crippen molar-refractivity contribution in [3.05, 3.63) is 131 Å². The quantitative estimate of drug-likeness (QED) is 0.275. The molecule has 36 heavy (non-hydrogen) atoms. The van der Waals surface area contributed by atoms with Crippen LogP contribution in [0.3, 0.4) is 0 Å². The minimum Gasteiger partial charge on any atom is -0.352 e. The molecule has 1 saturated heterocycles. The maximum Gasteiger partial charge on any atom is 0.170 e. The molecular formula is C31H28N4S. The fraction of sp³-hybridized carbons (Fsp3) is 0.161. The second-order valence-electron chi connectivity index (χ2n) is 9.40. The molecule has 0 bridgehead atoms.